The van der Waals surface area contributed by atoms with Gasteiger partial charge in [0.1, 0.15) is 0 Å². The van der Waals surface area contributed by atoms with Crippen LogP contribution in [-0.2, 0) is 13.0 Å². The van der Waals surface area contributed by atoms with Gasteiger partial charge in [-0.15, -0.1) is 0 Å². The normalized spacial score (nSPS) is 12.9. The van der Waals surface area contributed by atoms with Gasteiger partial charge in [0.2, 0.25) is 0 Å². The van der Waals surface area contributed by atoms with Crippen LogP contribution in [0.4, 0.5) is 0 Å². The number of unbranched alkanes of at least 4 members (excludes halogenated alkanes) is 4. The van der Waals surface area contributed by atoms with Gasteiger partial charge in [-0.25, -0.2) is 0 Å². The lowest BCUT2D eigenvalue weighted by molar-refractivity contribution is 0.0780. The maximum atomic E-state index is 13.0. The fourth-order valence-electron chi connectivity index (χ4n) is 3.82. The molecule has 0 saturated heterocycles. The summed E-state index contributed by atoms with van der Waals surface area (Å²) in [6.07, 6.45) is 7.52. The summed E-state index contributed by atoms with van der Waals surface area (Å²) in [7, 11) is 0. The molecule has 1 heterocycles. The molecule has 0 aromatic heterocycles. The van der Waals surface area contributed by atoms with Crippen molar-refractivity contribution in [3.63, 3.8) is 0 Å². The molecule has 0 atom stereocenters. The predicted octanol–water partition coefficient (Wildman–Crippen LogP) is 6.02. The first-order chi connectivity index (χ1) is 14.7. The molecule has 0 aliphatic carbocycles. The fraction of sp³-hybridized carbons (Fsp3) is 0.500. The van der Waals surface area contributed by atoms with Crippen molar-refractivity contribution < 1.29 is 14.3 Å². The van der Waals surface area contributed by atoms with Gasteiger partial charge in [-0.1, -0.05) is 69.9 Å². The molecule has 0 radical (unpaired) electrons. The molecule has 0 spiro atoms. The van der Waals surface area contributed by atoms with Gasteiger partial charge in [-0.2, -0.15) is 0 Å². The lowest BCUT2D eigenvalue weighted by atomic mass is 10.1. The molecular formula is C26H35NO3. The molecule has 30 heavy (non-hydrogen) atoms. The van der Waals surface area contributed by atoms with E-state index in [0.29, 0.717) is 26.3 Å². The Morgan fingerprint density at radius 2 is 1.57 bits per heavy atom. The smallest absolute Gasteiger partial charge is 0.254 e. The van der Waals surface area contributed by atoms with Gasteiger partial charge < -0.3 is 14.4 Å². The van der Waals surface area contributed by atoms with Crippen LogP contribution in [0.25, 0.3) is 0 Å². The zero-order chi connectivity index (χ0) is 21.2. The second kappa shape index (κ2) is 11.6. The van der Waals surface area contributed by atoms with Crippen LogP contribution in [0.15, 0.2) is 42.5 Å². The Morgan fingerprint density at radius 1 is 0.867 bits per heavy atom. The fourth-order valence-corrected chi connectivity index (χ4v) is 3.82. The quantitative estimate of drug-likeness (QED) is 0.380. The molecule has 1 amide bonds. The topological polar surface area (TPSA) is 38.8 Å². The van der Waals surface area contributed by atoms with Gasteiger partial charge >= 0.3 is 0 Å². The van der Waals surface area contributed by atoms with Crippen molar-refractivity contribution in [2.45, 2.75) is 65.3 Å². The number of benzene rings is 2. The van der Waals surface area contributed by atoms with Crippen LogP contribution < -0.4 is 9.47 Å². The number of ether oxygens (including phenoxy) is 2. The summed E-state index contributed by atoms with van der Waals surface area (Å²) in [6.45, 7) is 7.02. The van der Waals surface area contributed by atoms with Crippen molar-refractivity contribution in [1.82, 2.24) is 4.90 Å². The van der Waals surface area contributed by atoms with E-state index in [1.54, 1.807) is 0 Å². The van der Waals surface area contributed by atoms with Gasteiger partial charge in [-0.05, 0) is 37.0 Å². The minimum Gasteiger partial charge on any atom is -0.490 e. The average Bonchev–Trinajstić information content (AvgIpc) is 3.10. The zero-order valence-electron chi connectivity index (χ0n) is 18.5. The van der Waals surface area contributed by atoms with E-state index in [9.17, 15) is 4.79 Å². The maximum absolute atomic E-state index is 13.0. The van der Waals surface area contributed by atoms with Crippen molar-refractivity contribution in [3.8, 4) is 11.5 Å². The highest BCUT2D eigenvalue weighted by molar-refractivity contribution is 5.99. The van der Waals surface area contributed by atoms with Gasteiger partial charge in [0.25, 0.3) is 5.91 Å². The van der Waals surface area contributed by atoms with Crippen molar-refractivity contribution in [2.75, 3.05) is 19.8 Å². The monoisotopic (exact) mass is 409 g/mol. The Balaban J connectivity index is 1.72. The third kappa shape index (κ3) is 5.78. The molecule has 0 N–H and O–H groups in total. The minimum absolute atomic E-state index is 0.0943. The van der Waals surface area contributed by atoms with Crippen LogP contribution in [-0.4, -0.2) is 30.6 Å². The number of amides is 1. The van der Waals surface area contributed by atoms with E-state index in [0.717, 1.165) is 61.2 Å². The summed E-state index contributed by atoms with van der Waals surface area (Å²) >= 11 is 0. The second-order valence-corrected chi connectivity index (χ2v) is 7.99. The van der Waals surface area contributed by atoms with Crippen LogP contribution in [0.1, 0.15) is 73.9 Å². The van der Waals surface area contributed by atoms with Crippen LogP contribution in [0, 0.1) is 0 Å². The van der Waals surface area contributed by atoms with E-state index < -0.39 is 0 Å². The minimum atomic E-state index is 0.0943. The number of carbonyl (C=O) groups excluding carboxylic acids is 1. The molecule has 1 aliphatic rings. The first-order valence-electron chi connectivity index (χ1n) is 11.5. The Kier molecular flexibility index (Phi) is 8.61. The number of rotatable bonds is 13. The van der Waals surface area contributed by atoms with Crippen molar-refractivity contribution in [1.29, 1.82) is 0 Å². The molecule has 1 aliphatic heterocycles. The van der Waals surface area contributed by atoms with Gasteiger partial charge in [0, 0.05) is 17.7 Å². The maximum Gasteiger partial charge on any atom is 0.254 e. The molecule has 0 unspecified atom stereocenters. The van der Waals surface area contributed by atoms with Gasteiger partial charge in [0.15, 0.2) is 11.5 Å². The summed E-state index contributed by atoms with van der Waals surface area (Å²) in [5.41, 5.74) is 2.99. The molecule has 4 nitrogen and oxygen atoms in total. The highest BCUT2D eigenvalue weighted by Gasteiger charge is 2.31. The number of hydrogen-bond donors (Lipinski definition) is 0. The summed E-state index contributed by atoms with van der Waals surface area (Å²) in [5, 5.41) is 0. The first-order valence-corrected chi connectivity index (χ1v) is 11.5. The molecular weight excluding hydrogens is 374 g/mol. The van der Waals surface area contributed by atoms with E-state index >= 15 is 0 Å². The van der Waals surface area contributed by atoms with E-state index in [2.05, 4.69) is 26.0 Å². The molecule has 0 bridgehead atoms. The van der Waals surface area contributed by atoms with E-state index in [-0.39, 0.29) is 5.91 Å². The number of carbonyl (C=O) groups is 1. The van der Waals surface area contributed by atoms with Gasteiger partial charge in [-0.3, -0.25) is 4.79 Å². The van der Waals surface area contributed by atoms with Crippen molar-refractivity contribution >= 4 is 5.91 Å². The second-order valence-electron chi connectivity index (χ2n) is 7.99. The highest BCUT2D eigenvalue weighted by Crippen LogP contribution is 2.39. The highest BCUT2D eigenvalue weighted by atomic mass is 16.5. The van der Waals surface area contributed by atoms with E-state index in [4.69, 9.17) is 9.47 Å². The van der Waals surface area contributed by atoms with Crippen LogP contribution in [0.3, 0.4) is 0 Å². The number of fused-ring (bicyclic) bond motifs is 1. The summed E-state index contributed by atoms with van der Waals surface area (Å²) < 4.78 is 12.3. The van der Waals surface area contributed by atoms with Crippen LogP contribution in [0.2, 0.25) is 0 Å². The van der Waals surface area contributed by atoms with E-state index in [1.165, 1.54) is 12.0 Å². The molecule has 2 aromatic rings. The SMILES string of the molecule is CCCCCOc1ccc2c(c1OCCCCC)CN(CCc1ccccc1)C2=O. The van der Waals surface area contributed by atoms with Crippen LogP contribution >= 0.6 is 0 Å². The van der Waals surface area contributed by atoms with Crippen molar-refractivity contribution in [2.24, 2.45) is 0 Å². The van der Waals surface area contributed by atoms with Crippen LogP contribution in [0.5, 0.6) is 11.5 Å². The number of nitrogens with zero attached hydrogens (tertiary/aromatic N) is 1. The molecule has 0 fully saturated rings. The number of hydrogen-bond acceptors (Lipinski definition) is 3. The molecule has 4 heteroatoms. The largest absolute Gasteiger partial charge is 0.490 e. The Hall–Kier alpha value is -2.49. The van der Waals surface area contributed by atoms with Gasteiger partial charge in [0.05, 0.1) is 19.8 Å². The predicted molar refractivity (Wildman–Crippen MR) is 121 cm³/mol. The molecule has 3 rings (SSSR count). The Bertz CT molecular complexity index is 803. The summed E-state index contributed by atoms with van der Waals surface area (Å²) in [6, 6.07) is 14.1. The molecule has 162 valence electrons. The van der Waals surface area contributed by atoms with E-state index in [1.807, 2.05) is 35.2 Å². The standard InChI is InChI=1S/C26H35NO3/c1-3-5-10-18-29-24-15-14-22-23(25(24)30-19-11-6-4-2)20-27(26(22)28)17-16-21-12-8-7-9-13-21/h7-9,12-15H,3-6,10-11,16-20H2,1-2H3. The first kappa shape index (κ1) is 22.2. The average molecular weight is 410 g/mol. The summed E-state index contributed by atoms with van der Waals surface area (Å²) in [5.74, 6) is 1.64. The Morgan fingerprint density at radius 3 is 2.27 bits per heavy atom. The Labute approximate surface area is 181 Å². The zero-order valence-corrected chi connectivity index (χ0v) is 18.5. The molecule has 0 saturated carbocycles. The third-order valence-corrected chi connectivity index (χ3v) is 5.60. The van der Waals surface area contributed by atoms with Crippen molar-refractivity contribution in [3.05, 3.63) is 59.2 Å². The molecule has 2 aromatic carbocycles. The summed E-state index contributed by atoms with van der Waals surface area (Å²) in [4.78, 5) is 14.9. The third-order valence-electron chi connectivity index (χ3n) is 5.60. The lowest BCUT2D eigenvalue weighted by Crippen LogP contribution is -2.26. The lowest BCUT2D eigenvalue weighted by Gasteiger charge is -2.17.